The molecule has 3 aromatic rings. The van der Waals surface area contributed by atoms with Crippen molar-refractivity contribution in [1.29, 1.82) is 0 Å². The lowest BCUT2D eigenvalue weighted by molar-refractivity contribution is 1.27. The van der Waals surface area contributed by atoms with Gasteiger partial charge in [-0.25, -0.2) is 4.98 Å². The third-order valence-corrected chi connectivity index (χ3v) is 9.38. The van der Waals surface area contributed by atoms with Crippen molar-refractivity contribution < 1.29 is 0 Å². The van der Waals surface area contributed by atoms with Crippen LogP contribution in [0, 0.1) is 48.5 Å². The van der Waals surface area contributed by atoms with Crippen molar-refractivity contribution in [2.45, 2.75) is 48.5 Å². The van der Waals surface area contributed by atoms with Crippen molar-refractivity contribution in [1.82, 2.24) is 4.98 Å². The van der Waals surface area contributed by atoms with Gasteiger partial charge in [0.25, 0.3) is 0 Å². The first-order chi connectivity index (χ1) is 12.5. The average molecular weight is 397 g/mol. The molecule has 0 saturated heterocycles. The quantitative estimate of drug-likeness (QED) is 0.366. The Bertz CT molecular complexity index is 1010. The molecule has 27 heavy (non-hydrogen) atoms. The molecule has 1 aromatic heterocycles. The van der Waals surface area contributed by atoms with Crippen LogP contribution < -0.4 is 10.6 Å². The van der Waals surface area contributed by atoms with Crippen LogP contribution in [0.3, 0.4) is 0 Å². The Balaban J connectivity index is 2.75. The Morgan fingerprint density at radius 3 is 1.07 bits per heavy atom. The number of hydrogen-bond acceptors (Lipinski definition) is 1. The standard InChI is InChI=1S/C24H33NP2/c1-12-14(3)19-18(7)20-15(4)13(2)17(6)24(27(10)11)22(20)25-21(19)23(16(12)5)26(8)9/h1-11H3. The minimum Gasteiger partial charge on any atom is -0.246 e. The van der Waals surface area contributed by atoms with E-state index in [0.29, 0.717) is 0 Å². The number of pyridine rings is 1. The monoisotopic (exact) mass is 397 g/mol. The zero-order valence-electron chi connectivity index (χ0n) is 18.8. The van der Waals surface area contributed by atoms with Gasteiger partial charge in [-0.15, -0.1) is 0 Å². The van der Waals surface area contributed by atoms with Crippen molar-refractivity contribution in [3.63, 3.8) is 0 Å². The number of aromatic nitrogens is 1. The van der Waals surface area contributed by atoms with Gasteiger partial charge in [-0.3, -0.25) is 0 Å². The lowest BCUT2D eigenvalue weighted by Gasteiger charge is -2.24. The maximum atomic E-state index is 5.44. The number of nitrogens with zero attached hydrogens (tertiary/aromatic N) is 1. The number of aryl methyl sites for hydroxylation is 3. The molecule has 0 aliphatic heterocycles. The summed E-state index contributed by atoms with van der Waals surface area (Å²) in [7, 11) is -0.433. The first-order valence-electron chi connectivity index (χ1n) is 9.68. The van der Waals surface area contributed by atoms with E-state index in [1.54, 1.807) is 0 Å². The molecule has 3 rings (SSSR count). The molecule has 0 saturated carbocycles. The highest BCUT2D eigenvalue weighted by Crippen LogP contribution is 2.40. The first-order valence-corrected chi connectivity index (χ1v) is 14.2. The van der Waals surface area contributed by atoms with Crippen molar-refractivity contribution in [3.8, 4) is 0 Å². The third kappa shape index (κ3) is 2.94. The number of benzene rings is 2. The summed E-state index contributed by atoms with van der Waals surface area (Å²) in [6, 6.07) is 0. The van der Waals surface area contributed by atoms with Gasteiger partial charge in [-0.05, 0) is 114 Å². The lowest BCUT2D eigenvalue weighted by Crippen LogP contribution is -2.17. The van der Waals surface area contributed by atoms with E-state index >= 15 is 0 Å². The van der Waals surface area contributed by atoms with Gasteiger partial charge in [-0.2, -0.15) is 0 Å². The summed E-state index contributed by atoms with van der Waals surface area (Å²) in [6.07, 6.45) is 0. The van der Waals surface area contributed by atoms with Gasteiger partial charge in [-0.1, -0.05) is 15.8 Å². The summed E-state index contributed by atoms with van der Waals surface area (Å²) in [6.45, 7) is 25.5. The molecule has 0 fully saturated rings. The summed E-state index contributed by atoms with van der Waals surface area (Å²) < 4.78 is 0. The molecule has 0 bridgehead atoms. The largest absolute Gasteiger partial charge is 0.246 e. The predicted octanol–water partition coefficient (Wildman–Crippen LogP) is 6.28. The second-order valence-corrected chi connectivity index (χ2v) is 12.9. The smallest absolute Gasteiger partial charge is 0.0794 e. The SMILES string of the molecule is Cc1c(C)c(C)c2c(C)c3c(C)c(C)c(C)c(P(C)C)c3nc2c1P(C)C. The molecule has 0 radical (unpaired) electrons. The molecular weight excluding hydrogens is 364 g/mol. The van der Waals surface area contributed by atoms with E-state index < -0.39 is 0 Å². The van der Waals surface area contributed by atoms with Gasteiger partial charge in [0.15, 0.2) is 0 Å². The van der Waals surface area contributed by atoms with Gasteiger partial charge < -0.3 is 0 Å². The van der Waals surface area contributed by atoms with Crippen LogP contribution >= 0.6 is 15.8 Å². The van der Waals surface area contributed by atoms with Gasteiger partial charge in [0.2, 0.25) is 0 Å². The van der Waals surface area contributed by atoms with Crippen LogP contribution in [0.5, 0.6) is 0 Å². The third-order valence-electron chi connectivity index (χ3n) is 6.50. The zero-order chi connectivity index (χ0) is 20.4. The van der Waals surface area contributed by atoms with Gasteiger partial charge >= 0.3 is 0 Å². The molecule has 3 heteroatoms. The zero-order valence-corrected chi connectivity index (χ0v) is 20.6. The van der Waals surface area contributed by atoms with E-state index in [4.69, 9.17) is 4.98 Å². The van der Waals surface area contributed by atoms with Crippen LogP contribution in [0.25, 0.3) is 21.8 Å². The molecule has 0 spiro atoms. The molecule has 0 N–H and O–H groups in total. The van der Waals surface area contributed by atoms with Crippen LogP contribution in [0.2, 0.25) is 0 Å². The van der Waals surface area contributed by atoms with Crippen molar-refractivity contribution >= 4 is 48.3 Å². The molecule has 1 nitrogen and oxygen atoms in total. The normalized spacial score (nSPS) is 12.2. The van der Waals surface area contributed by atoms with E-state index in [-0.39, 0.29) is 15.8 Å². The fraction of sp³-hybridized carbons (Fsp3) is 0.458. The first kappa shape index (κ1) is 20.7. The van der Waals surface area contributed by atoms with Crippen LogP contribution in [0.1, 0.15) is 38.9 Å². The molecule has 144 valence electrons. The number of rotatable bonds is 2. The second-order valence-electron chi connectivity index (χ2n) is 8.42. The van der Waals surface area contributed by atoms with E-state index in [9.17, 15) is 0 Å². The Labute approximate surface area is 167 Å². The maximum Gasteiger partial charge on any atom is 0.0794 e. The minimum atomic E-state index is -0.216. The van der Waals surface area contributed by atoms with Crippen LogP contribution in [0.15, 0.2) is 0 Å². The highest BCUT2D eigenvalue weighted by Gasteiger charge is 2.23. The highest BCUT2D eigenvalue weighted by atomic mass is 31.1. The summed E-state index contributed by atoms with van der Waals surface area (Å²) in [5.74, 6) is 0. The summed E-state index contributed by atoms with van der Waals surface area (Å²) >= 11 is 0. The molecular formula is C24H33NP2. The summed E-state index contributed by atoms with van der Waals surface area (Å²) in [5, 5.41) is 5.77. The molecule has 0 aliphatic rings. The molecule has 2 aromatic carbocycles. The van der Waals surface area contributed by atoms with Crippen molar-refractivity contribution in [2.75, 3.05) is 26.7 Å². The number of fused-ring (bicyclic) bond motifs is 2. The van der Waals surface area contributed by atoms with Gasteiger partial charge in [0, 0.05) is 21.4 Å². The Hall–Kier alpha value is -1.03. The average Bonchev–Trinajstić information content (AvgIpc) is 2.57. The molecule has 0 unspecified atom stereocenters. The predicted molar refractivity (Wildman–Crippen MR) is 129 cm³/mol. The minimum absolute atomic E-state index is 0.216. The van der Waals surface area contributed by atoms with Gasteiger partial charge in [0.1, 0.15) is 0 Å². The summed E-state index contributed by atoms with van der Waals surface area (Å²) in [4.78, 5) is 5.44. The van der Waals surface area contributed by atoms with E-state index in [0.717, 1.165) is 0 Å². The maximum absolute atomic E-state index is 5.44. The second kappa shape index (κ2) is 7.09. The molecule has 0 aliphatic carbocycles. The van der Waals surface area contributed by atoms with E-state index in [1.807, 2.05) is 0 Å². The summed E-state index contributed by atoms with van der Waals surface area (Å²) in [5.41, 5.74) is 12.5. The van der Waals surface area contributed by atoms with Crippen LogP contribution in [-0.2, 0) is 0 Å². The van der Waals surface area contributed by atoms with Crippen LogP contribution in [0.4, 0.5) is 0 Å². The van der Waals surface area contributed by atoms with Crippen molar-refractivity contribution in [3.05, 3.63) is 38.9 Å². The topological polar surface area (TPSA) is 12.9 Å². The lowest BCUT2D eigenvalue weighted by atomic mass is 9.90. The molecule has 0 amide bonds. The Kier molecular flexibility index (Phi) is 5.44. The fourth-order valence-electron chi connectivity index (χ4n) is 4.71. The van der Waals surface area contributed by atoms with Crippen molar-refractivity contribution in [2.24, 2.45) is 0 Å². The van der Waals surface area contributed by atoms with E-state index in [2.05, 4.69) is 75.1 Å². The van der Waals surface area contributed by atoms with Crippen LogP contribution in [-0.4, -0.2) is 31.6 Å². The Morgan fingerprint density at radius 1 is 0.444 bits per heavy atom. The fourth-order valence-corrected chi connectivity index (χ4v) is 7.55. The van der Waals surface area contributed by atoms with E-state index in [1.165, 1.54) is 71.4 Å². The highest BCUT2D eigenvalue weighted by molar-refractivity contribution is 7.65. The molecule has 1 heterocycles. The van der Waals surface area contributed by atoms with Gasteiger partial charge in [0.05, 0.1) is 11.0 Å². The Morgan fingerprint density at radius 2 is 0.778 bits per heavy atom. The molecule has 0 atom stereocenters. The number of hydrogen-bond donors (Lipinski definition) is 0.